The Balaban J connectivity index is 1.37. The van der Waals surface area contributed by atoms with Gasteiger partial charge in [0.25, 0.3) is 0 Å². The van der Waals surface area contributed by atoms with E-state index in [0.29, 0.717) is 12.1 Å². The van der Waals surface area contributed by atoms with Crippen molar-refractivity contribution >= 4 is 17.4 Å². The summed E-state index contributed by atoms with van der Waals surface area (Å²) in [7, 11) is 0. The molecule has 1 amide bonds. The van der Waals surface area contributed by atoms with Gasteiger partial charge in [0.1, 0.15) is 11.9 Å². The Hall–Kier alpha value is -2.91. The molecular weight excluding hydrogens is 338 g/mol. The quantitative estimate of drug-likeness (QED) is 0.837. The minimum absolute atomic E-state index is 0.172. The minimum Gasteiger partial charge on any atom is -0.353 e. The summed E-state index contributed by atoms with van der Waals surface area (Å²) in [6.07, 6.45) is 3.79. The Kier molecular flexibility index (Phi) is 5.03. The van der Waals surface area contributed by atoms with E-state index in [0.717, 1.165) is 57.1 Å². The van der Waals surface area contributed by atoms with Crippen LogP contribution in [0.15, 0.2) is 42.6 Å². The lowest BCUT2D eigenvalue weighted by Gasteiger charge is -2.37. The fourth-order valence-electron chi connectivity index (χ4n) is 3.92. The molecule has 2 aromatic rings. The van der Waals surface area contributed by atoms with Crippen molar-refractivity contribution in [3.05, 3.63) is 53.7 Å². The first-order valence-electron chi connectivity index (χ1n) is 9.47. The van der Waals surface area contributed by atoms with E-state index < -0.39 is 0 Å². The van der Waals surface area contributed by atoms with Crippen molar-refractivity contribution in [2.24, 2.45) is 0 Å². The first kappa shape index (κ1) is 17.5. The molecule has 0 radical (unpaired) electrons. The van der Waals surface area contributed by atoms with E-state index in [9.17, 15) is 10.1 Å². The second-order valence-electron chi connectivity index (χ2n) is 7.03. The molecule has 0 bridgehead atoms. The van der Waals surface area contributed by atoms with E-state index in [-0.39, 0.29) is 5.91 Å². The number of aryl methyl sites for hydroxylation is 1. The van der Waals surface area contributed by atoms with Crippen LogP contribution < -0.4 is 9.80 Å². The number of benzene rings is 1. The molecule has 0 aliphatic carbocycles. The van der Waals surface area contributed by atoms with E-state index in [1.54, 1.807) is 18.3 Å². The second-order valence-corrected chi connectivity index (χ2v) is 7.03. The van der Waals surface area contributed by atoms with Gasteiger partial charge in [-0.2, -0.15) is 5.26 Å². The maximum Gasteiger partial charge on any atom is 0.241 e. The van der Waals surface area contributed by atoms with Crippen molar-refractivity contribution in [3.63, 3.8) is 0 Å². The van der Waals surface area contributed by atoms with Crippen LogP contribution in [0.25, 0.3) is 0 Å². The van der Waals surface area contributed by atoms with Crippen LogP contribution in [0.5, 0.6) is 0 Å². The van der Waals surface area contributed by atoms with Crippen molar-refractivity contribution in [2.45, 2.75) is 12.8 Å². The maximum absolute atomic E-state index is 12.9. The second kappa shape index (κ2) is 7.77. The third-order valence-electron chi connectivity index (χ3n) is 5.35. The van der Waals surface area contributed by atoms with Crippen LogP contribution in [0, 0.1) is 11.3 Å². The van der Waals surface area contributed by atoms with Crippen LogP contribution in [0.3, 0.4) is 0 Å². The smallest absolute Gasteiger partial charge is 0.241 e. The number of carbonyl (C=O) groups is 1. The van der Waals surface area contributed by atoms with Gasteiger partial charge in [-0.05, 0) is 36.6 Å². The minimum atomic E-state index is 0.172. The summed E-state index contributed by atoms with van der Waals surface area (Å²) in [5.74, 6) is 0.919. The van der Waals surface area contributed by atoms with E-state index in [1.807, 2.05) is 17.0 Å². The summed E-state index contributed by atoms with van der Waals surface area (Å²) in [6.45, 7) is 4.38. The summed E-state index contributed by atoms with van der Waals surface area (Å²) in [6, 6.07) is 14.0. The molecule has 27 heavy (non-hydrogen) atoms. The van der Waals surface area contributed by atoms with E-state index in [4.69, 9.17) is 0 Å². The summed E-state index contributed by atoms with van der Waals surface area (Å²) in [5.41, 5.74) is 2.94. The van der Waals surface area contributed by atoms with Crippen LogP contribution in [0.4, 0.5) is 11.5 Å². The lowest BCUT2D eigenvalue weighted by Crippen LogP contribution is -2.51. The van der Waals surface area contributed by atoms with Gasteiger partial charge in [-0.15, -0.1) is 0 Å². The zero-order valence-corrected chi connectivity index (χ0v) is 15.3. The number of pyridine rings is 1. The molecule has 0 spiro atoms. The van der Waals surface area contributed by atoms with Gasteiger partial charge in [0, 0.05) is 44.6 Å². The normalized spacial score (nSPS) is 17.3. The number of hydrogen-bond donors (Lipinski definition) is 0. The van der Waals surface area contributed by atoms with Crippen LogP contribution >= 0.6 is 0 Å². The van der Waals surface area contributed by atoms with Gasteiger partial charge in [0.2, 0.25) is 5.91 Å². The van der Waals surface area contributed by atoms with Gasteiger partial charge >= 0.3 is 0 Å². The summed E-state index contributed by atoms with van der Waals surface area (Å²) in [4.78, 5) is 23.5. The van der Waals surface area contributed by atoms with Crippen molar-refractivity contribution in [1.82, 2.24) is 9.88 Å². The molecule has 1 fully saturated rings. The Labute approximate surface area is 159 Å². The number of aromatic nitrogens is 1. The third kappa shape index (κ3) is 3.64. The number of carbonyl (C=O) groups excluding carboxylic acids is 1. The fraction of sp³-hybridized carbons (Fsp3) is 0.381. The zero-order valence-electron chi connectivity index (χ0n) is 15.3. The van der Waals surface area contributed by atoms with Crippen molar-refractivity contribution in [3.8, 4) is 6.07 Å². The van der Waals surface area contributed by atoms with Crippen LogP contribution in [0.2, 0.25) is 0 Å². The van der Waals surface area contributed by atoms with Gasteiger partial charge < -0.3 is 9.80 Å². The summed E-state index contributed by atoms with van der Waals surface area (Å²) in [5, 5.41) is 9.27. The standard InChI is InChI=1S/C21H23N5O/c22-15-18-6-3-9-23-21(18)25-13-11-24(12-14-25)16-20(27)26-10-4-7-17-5-1-2-8-19(17)26/h1-3,5-6,8-9H,4,7,10-14,16H2. The highest BCUT2D eigenvalue weighted by atomic mass is 16.2. The third-order valence-corrected chi connectivity index (χ3v) is 5.35. The number of amides is 1. The number of nitriles is 1. The Morgan fingerprint density at radius 1 is 1.07 bits per heavy atom. The molecule has 0 unspecified atom stereocenters. The van der Waals surface area contributed by atoms with Crippen molar-refractivity contribution < 1.29 is 4.79 Å². The predicted molar refractivity (Wildman–Crippen MR) is 105 cm³/mol. The summed E-state index contributed by atoms with van der Waals surface area (Å²) < 4.78 is 0. The Morgan fingerprint density at radius 2 is 1.89 bits per heavy atom. The lowest BCUT2D eigenvalue weighted by molar-refractivity contribution is -0.119. The van der Waals surface area contributed by atoms with Crippen molar-refractivity contribution in [2.75, 3.05) is 49.1 Å². The van der Waals surface area contributed by atoms with Gasteiger partial charge in [-0.3, -0.25) is 9.69 Å². The van der Waals surface area contributed by atoms with Crippen LogP contribution in [0.1, 0.15) is 17.5 Å². The molecular formula is C21H23N5O. The number of nitrogens with zero attached hydrogens (tertiary/aromatic N) is 5. The van der Waals surface area contributed by atoms with E-state index in [1.165, 1.54) is 5.56 Å². The number of rotatable bonds is 3. The number of piperazine rings is 1. The molecule has 1 saturated heterocycles. The number of anilines is 2. The molecule has 6 heteroatoms. The molecule has 1 aromatic heterocycles. The average Bonchev–Trinajstić information content (AvgIpc) is 2.74. The predicted octanol–water partition coefficient (Wildman–Crippen LogP) is 2.05. The van der Waals surface area contributed by atoms with E-state index in [2.05, 4.69) is 33.0 Å². The monoisotopic (exact) mass is 361 g/mol. The van der Waals surface area contributed by atoms with Crippen molar-refractivity contribution in [1.29, 1.82) is 5.26 Å². The van der Waals surface area contributed by atoms with E-state index >= 15 is 0 Å². The van der Waals surface area contributed by atoms with Crippen LogP contribution in [-0.4, -0.2) is 55.1 Å². The van der Waals surface area contributed by atoms with Gasteiger partial charge in [0.05, 0.1) is 12.1 Å². The molecule has 0 saturated carbocycles. The molecule has 0 atom stereocenters. The molecule has 2 aliphatic rings. The first-order chi connectivity index (χ1) is 13.3. The Morgan fingerprint density at radius 3 is 2.70 bits per heavy atom. The number of para-hydroxylation sites is 1. The SMILES string of the molecule is N#Cc1cccnc1N1CCN(CC(=O)N2CCCc3ccccc32)CC1. The lowest BCUT2D eigenvalue weighted by atomic mass is 10.0. The van der Waals surface area contributed by atoms with Crippen LogP contribution in [-0.2, 0) is 11.2 Å². The first-order valence-corrected chi connectivity index (χ1v) is 9.47. The zero-order chi connectivity index (χ0) is 18.6. The molecule has 0 N–H and O–H groups in total. The highest BCUT2D eigenvalue weighted by molar-refractivity contribution is 5.96. The summed E-state index contributed by atoms with van der Waals surface area (Å²) >= 11 is 0. The highest BCUT2D eigenvalue weighted by Gasteiger charge is 2.26. The number of hydrogen-bond acceptors (Lipinski definition) is 5. The topological polar surface area (TPSA) is 63.5 Å². The highest BCUT2D eigenvalue weighted by Crippen LogP contribution is 2.27. The molecule has 4 rings (SSSR count). The number of fused-ring (bicyclic) bond motifs is 1. The Bertz CT molecular complexity index is 867. The van der Waals surface area contributed by atoms with Gasteiger partial charge in [-0.25, -0.2) is 4.98 Å². The molecule has 2 aliphatic heterocycles. The maximum atomic E-state index is 12.9. The van der Waals surface area contributed by atoms with Gasteiger partial charge in [-0.1, -0.05) is 18.2 Å². The molecule has 1 aromatic carbocycles. The molecule has 138 valence electrons. The fourth-order valence-corrected chi connectivity index (χ4v) is 3.92. The molecule has 6 nitrogen and oxygen atoms in total. The van der Waals surface area contributed by atoms with Gasteiger partial charge in [0.15, 0.2) is 0 Å². The largest absolute Gasteiger partial charge is 0.353 e. The average molecular weight is 361 g/mol. The molecule has 3 heterocycles.